The fourth-order valence-corrected chi connectivity index (χ4v) is 6.57. The first-order valence-corrected chi connectivity index (χ1v) is 14.9. The predicted octanol–water partition coefficient (Wildman–Crippen LogP) is 6.82. The van der Waals surface area contributed by atoms with E-state index in [1.807, 2.05) is 78.6 Å². The molecule has 2 aromatic carbocycles. The summed E-state index contributed by atoms with van der Waals surface area (Å²) >= 11 is 1.47. The van der Waals surface area contributed by atoms with Crippen LogP contribution in [0.25, 0.3) is 21.1 Å². The summed E-state index contributed by atoms with van der Waals surface area (Å²) in [5.41, 5.74) is 3.63. The molecule has 0 radical (unpaired) electrons. The fourth-order valence-electron chi connectivity index (χ4n) is 5.61. The molecule has 40 heavy (non-hydrogen) atoms. The number of hydrogen-bond donors (Lipinski definition) is 2. The third-order valence-electron chi connectivity index (χ3n) is 7.78. The molecule has 1 atom stereocenters. The van der Waals surface area contributed by atoms with E-state index in [9.17, 15) is 9.59 Å². The lowest BCUT2D eigenvalue weighted by Crippen LogP contribution is -2.39. The highest BCUT2D eigenvalue weighted by molar-refractivity contribution is 7.20. The second-order valence-electron chi connectivity index (χ2n) is 10.5. The number of nitrogens with zero attached hydrogens (tertiary/aromatic N) is 3. The van der Waals surface area contributed by atoms with Gasteiger partial charge in [-0.2, -0.15) is 0 Å². The van der Waals surface area contributed by atoms with E-state index in [1.165, 1.54) is 17.8 Å². The van der Waals surface area contributed by atoms with Gasteiger partial charge in [0.2, 0.25) is 5.91 Å². The van der Waals surface area contributed by atoms with E-state index in [-0.39, 0.29) is 23.8 Å². The summed E-state index contributed by atoms with van der Waals surface area (Å²) in [6.45, 7) is 2.56. The number of rotatable bonds is 8. The Kier molecular flexibility index (Phi) is 7.60. The van der Waals surface area contributed by atoms with Crippen molar-refractivity contribution in [3.8, 4) is 0 Å². The molecule has 0 spiro atoms. The van der Waals surface area contributed by atoms with Gasteiger partial charge in [-0.1, -0.05) is 37.5 Å². The van der Waals surface area contributed by atoms with Gasteiger partial charge in [-0.15, -0.1) is 11.3 Å². The molecule has 1 unspecified atom stereocenters. The predicted molar refractivity (Wildman–Crippen MR) is 161 cm³/mol. The number of imidazole rings is 1. The molecule has 0 saturated heterocycles. The summed E-state index contributed by atoms with van der Waals surface area (Å²) in [6.07, 6.45) is 7.66. The van der Waals surface area contributed by atoms with E-state index in [4.69, 9.17) is 4.98 Å². The summed E-state index contributed by atoms with van der Waals surface area (Å²) in [5.74, 6) is 0.835. The number of aromatic amines is 1. The van der Waals surface area contributed by atoms with Gasteiger partial charge in [0.25, 0.3) is 5.91 Å². The molecule has 5 aromatic rings. The molecule has 204 valence electrons. The number of hydrogen-bond acceptors (Lipinski definition) is 5. The van der Waals surface area contributed by atoms with Crippen molar-refractivity contribution in [2.75, 3.05) is 11.4 Å². The van der Waals surface area contributed by atoms with Gasteiger partial charge in [-0.3, -0.25) is 14.6 Å². The van der Waals surface area contributed by atoms with Gasteiger partial charge in [0.15, 0.2) is 0 Å². The van der Waals surface area contributed by atoms with Crippen LogP contribution in [0.2, 0.25) is 0 Å². The van der Waals surface area contributed by atoms with Crippen molar-refractivity contribution in [3.63, 3.8) is 0 Å². The smallest absolute Gasteiger partial charge is 0.261 e. The maximum absolute atomic E-state index is 14.0. The number of carbonyl (C=O) groups excluding carboxylic acids is 2. The topological polar surface area (TPSA) is 91.0 Å². The Morgan fingerprint density at radius 1 is 1.05 bits per heavy atom. The number of aromatic nitrogens is 3. The number of carbonyl (C=O) groups is 2. The molecule has 6 rings (SSSR count). The lowest BCUT2D eigenvalue weighted by Gasteiger charge is -2.33. The monoisotopic (exact) mass is 551 g/mol. The molecule has 0 bridgehead atoms. The Morgan fingerprint density at radius 2 is 1.88 bits per heavy atom. The van der Waals surface area contributed by atoms with Gasteiger partial charge < -0.3 is 15.2 Å². The number of fused-ring (bicyclic) bond motifs is 2. The number of benzene rings is 2. The Balaban J connectivity index is 1.27. The molecule has 3 heterocycles. The van der Waals surface area contributed by atoms with Crippen molar-refractivity contribution < 1.29 is 9.59 Å². The quantitative estimate of drug-likeness (QED) is 0.221. The van der Waals surface area contributed by atoms with E-state index < -0.39 is 0 Å². The molecule has 3 aromatic heterocycles. The van der Waals surface area contributed by atoms with E-state index in [1.54, 1.807) is 6.20 Å². The largest absolute Gasteiger partial charge is 0.351 e. The third kappa shape index (κ3) is 5.49. The Labute approximate surface area is 237 Å². The minimum Gasteiger partial charge on any atom is -0.351 e. The van der Waals surface area contributed by atoms with Gasteiger partial charge in [-0.25, -0.2) is 4.98 Å². The molecule has 7 nitrogen and oxygen atoms in total. The minimum absolute atomic E-state index is 0.0131. The minimum atomic E-state index is -0.271. The number of amides is 2. The molecule has 2 N–H and O–H groups in total. The van der Waals surface area contributed by atoms with Crippen LogP contribution in [0.3, 0.4) is 0 Å². The van der Waals surface area contributed by atoms with Gasteiger partial charge in [-0.05, 0) is 73.7 Å². The molecule has 8 heteroatoms. The highest BCUT2D eigenvalue weighted by Crippen LogP contribution is 2.36. The van der Waals surface area contributed by atoms with Crippen LogP contribution < -0.4 is 10.2 Å². The van der Waals surface area contributed by atoms with E-state index >= 15 is 0 Å². The summed E-state index contributed by atoms with van der Waals surface area (Å²) in [7, 11) is 0. The van der Waals surface area contributed by atoms with Crippen LogP contribution in [0.5, 0.6) is 0 Å². The van der Waals surface area contributed by atoms with Crippen molar-refractivity contribution in [2.45, 2.75) is 51.5 Å². The van der Waals surface area contributed by atoms with Crippen LogP contribution in [0, 0.1) is 5.92 Å². The SMILES string of the molecule is CC(c1nc2ccccc2[nH]1)N(C(=O)C1CCCCC1)c1ccc2sc(C(=O)NCCc3ccccn3)cc2c1. The van der Waals surface area contributed by atoms with Crippen LogP contribution in [-0.4, -0.2) is 33.3 Å². The van der Waals surface area contributed by atoms with Gasteiger partial charge in [0, 0.05) is 41.2 Å². The maximum Gasteiger partial charge on any atom is 0.261 e. The van der Waals surface area contributed by atoms with Crippen molar-refractivity contribution >= 4 is 50.0 Å². The zero-order valence-electron chi connectivity index (χ0n) is 22.6. The molecule has 1 aliphatic carbocycles. The van der Waals surface area contributed by atoms with Crippen molar-refractivity contribution in [2.24, 2.45) is 5.92 Å². The molecule has 1 fully saturated rings. The standard InChI is InChI=1S/C32H33N5O2S/c1-21(30-35-26-12-5-6-13-27(26)36-30)37(32(39)22-9-3-2-4-10-22)25-14-15-28-23(19-25)20-29(40-28)31(38)34-18-16-24-11-7-8-17-33-24/h5-8,11-15,17,19-22H,2-4,9-10,16,18H2,1H3,(H,34,38)(H,35,36). The summed E-state index contributed by atoms with van der Waals surface area (Å²) < 4.78 is 1.01. The van der Waals surface area contributed by atoms with Crippen LogP contribution in [0.4, 0.5) is 5.69 Å². The highest BCUT2D eigenvalue weighted by atomic mass is 32.1. The lowest BCUT2D eigenvalue weighted by molar-refractivity contribution is -0.123. The first kappa shape index (κ1) is 26.2. The molecular formula is C32H33N5O2S. The second-order valence-corrected chi connectivity index (χ2v) is 11.6. The maximum atomic E-state index is 14.0. The number of H-pyrrole nitrogens is 1. The normalized spacial score (nSPS) is 14.8. The van der Waals surface area contributed by atoms with E-state index in [0.717, 1.165) is 64.0 Å². The lowest BCUT2D eigenvalue weighted by atomic mass is 9.87. The molecule has 2 amide bonds. The Hall–Kier alpha value is -4.04. The molecule has 1 aliphatic rings. The number of thiophene rings is 1. The average Bonchev–Trinajstić information content (AvgIpc) is 3.63. The molecule has 0 aliphatic heterocycles. The van der Waals surface area contributed by atoms with E-state index in [0.29, 0.717) is 17.8 Å². The van der Waals surface area contributed by atoms with Crippen LogP contribution in [0.15, 0.2) is 72.9 Å². The Bertz CT molecular complexity index is 1600. The first-order chi connectivity index (χ1) is 19.6. The van der Waals surface area contributed by atoms with Crippen LogP contribution >= 0.6 is 11.3 Å². The summed E-state index contributed by atoms with van der Waals surface area (Å²) in [6, 6.07) is 21.4. The average molecular weight is 552 g/mol. The zero-order chi connectivity index (χ0) is 27.5. The Morgan fingerprint density at radius 3 is 2.67 bits per heavy atom. The van der Waals surface area contributed by atoms with Gasteiger partial charge >= 0.3 is 0 Å². The summed E-state index contributed by atoms with van der Waals surface area (Å²) in [4.78, 5) is 42.1. The number of pyridine rings is 1. The first-order valence-electron chi connectivity index (χ1n) is 14.1. The van der Waals surface area contributed by atoms with Gasteiger partial charge in [0.1, 0.15) is 5.82 Å². The zero-order valence-corrected chi connectivity index (χ0v) is 23.4. The molecular weight excluding hydrogens is 518 g/mol. The van der Waals surface area contributed by atoms with Crippen LogP contribution in [-0.2, 0) is 11.2 Å². The highest BCUT2D eigenvalue weighted by Gasteiger charge is 2.32. The number of para-hydroxylation sites is 2. The van der Waals surface area contributed by atoms with Crippen molar-refractivity contribution in [1.29, 1.82) is 0 Å². The van der Waals surface area contributed by atoms with Crippen molar-refractivity contribution in [1.82, 2.24) is 20.3 Å². The second kappa shape index (κ2) is 11.6. The van der Waals surface area contributed by atoms with Crippen molar-refractivity contribution in [3.05, 3.63) is 89.3 Å². The van der Waals surface area contributed by atoms with Gasteiger partial charge in [0.05, 0.1) is 22.0 Å². The van der Waals surface area contributed by atoms with Crippen LogP contribution in [0.1, 0.15) is 66.3 Å². The molecule has 1 saturated carbocycles. The van der Waals surface area contributed by atoms with E-state index in [2.05, 4.69) is 15.3 Å². The fraction of sp³-hybridized carbons (Fsp3) is 0.312. The number of anilines is 1. The number of nitrogens with one attached hydrogen (secondary N) is 2. The summed E-state index contributed by atoms with van der Waals surface area (Å²) in [5, 5.41) is 3.97. The third-order valence-corrected chi connectivity index (χ3v) is 8.89.